The molecule has 0 saturated heterocycles. The lowest BCUT2D eigenvalue weighted by Crippen LogP contribution is -1.99. The molecule has 0 aromatic rings. The number of ether oxygens (including phenoxy) is 1. The van der Waals surface area contributed by atoms with Crippen molar-refractivity contribution < 1.29 is 9.53 Å². The smallest absolute Gasteiger partial charge is 0.145 e. The van der Waals surface area contributed by atoms with E-state index in [-0.39, 0.29) is 0 Å². The summed E-state index contributed by atoms with van der Waals surface area (Å²) in [5.41, 5.74) is 8.65. The molecule has 40 heavy (non-hydrogen) atoms. The molecule has 0 amide bonds. The highest BCUT2D eigenvalue weighted by molar-refractivity contribution is 5.70. The average Bonchev–Trinajstić information content (AvgIpc) is 2.95. The zero-order chi connectivity index (χ0) is 31.8. The van der Waals surface area contributed by atoms with Crippen molar-refractivity contribution in [3.05, 3.63) is 121 Å². The zero-order valence-electron chi connectivity index (χ0n) is 27.6. The molecule has 1 atom stereocenters. The molecule has 0 aliphatic carbocycles. The summed E-state index contributed by atoms with van der Waals surface area (Å²) in [5, 5.41) is 0. The quantitative estimate of drug-likeness (QED) is 0.0967. The van der Waals surface area contributed by atoms with Gasteiger partial charge in [0.2, 0.25) is 0 Å². The van der Waals surface area contributed by atoms with Crippen molar-refractivity contribution in [2.75, 3.05) is 13.7 Å². The Bertz CT molecular complexity index is 959. The van der Waals surface area contributed by atoms with Gasteiger partial charge in [-0.05, 0) is 83.5 Å². The van der Waals surface area contributed by atoms with Gasteiger partial charge in [0.1, 0.15) is 6.29 Å². The molecule has 0 bridgehead atoms. The SMILES string of the molecule is C=C(/C=C\C(=C)C(C)CCC(C)C)C(=C)/C=C(/CC)C(=C)C(=C)/C=C(/CCOC)C(=C)CC.C=C(C)C=O.CC. The molecule has 0 aliphatic rings. The molecule has 0 saturated carbocycles. The predicted molar refractivity (Wildman–Crippen MR) is 183 cm³/mol. The molecule has 0 rings (SSSR count). The number of hydrogen-bond acceptors (Lipinski definition) is 2. The van der Waals surface area contributed by atoms with Crippen LogP contribution in [-0.2, 0) is 9.53 Å². The normalized spacial score (nSPS) is 11.9. The topological polar surface area (TPSA) is 26.3 Å². The zero-order valence-corrected chi connectivity index (χ0v) is 27.6. The van der Waals surface area contributed by atoms with Gasteiger partial charge in [0, 0.05) is 7.11 Å². The Labute approximate surface area is 249 Å². The van der Waals surface area contributed by atoms with Crippen molar-refractivity contribution in [3.8, 4) is 0 Å². The van der Waals surface area contributed by atoms with E-state index in [2.05, 4.69) is 98.9 Å². The van der Waals surface area contributed by atoms with Gasteiger partial charge in [-0.3, -0.25) is 4.79 Å². The number of aldehydes is 1. The molecule has 0 radical (unpaired) electrons. The fourth-order valence-electron chi connectivity index (χ4n) is 3.25. The number of carbonyl (C=O) groups excluding carboxylic acids is 1. The highest BCUT2D eigenvalue weighted by Gasteiger charge is 2.09. The highest BCUT2D eigenvalue weighted by Crippen LogP contribution is 2.27. The maximum Gasteiger partial charge on any atom is 0.145 e. The molecule has 0 heterocycles. The van der Waals surface area contributed by atoms with Crippen molar-refractivity contribution in [2.45, 2.75) is 87.5 Å². The second-order valence-electron chi connectivity index (χ2n) is 10.2. The van der Waals surface area contributed by atoms with Crippen molar-refractivity contribution in [2.24, 2.45) is 11.8 Å². The molecule has 2 heteroatoms. The van der Waals surface area contributed by atoms with Crippen LogP contribution in [0.15, 0.2) is 121 Å². The molecule has 0 aromatic carbocycles. The van der Waals surface area contributed by atoms with Crippen LogP contribution in [-0.4, -0.2) is 20.0 Å². The maximum atomic E-state index is 9.41. The molecule has 224 valence electrons. The van der Waals surface area contributed by atoms with E-state index in [0.717, 1.165) is 76.6 Å². The summed E-state index contributed by atoms with van der Waals surface area (Å²) in [5.74, 6) is 1.18. The number of allylic oxidation sites excluding steroid dienone is 12. The Morgan fingerprint density at radius 1 is 0.775 bits per heavy atom. The van der Waals surface area contributed by atoms with Gasteiger partial charge >= 0.3 is 0 Å². The molecule has 0 N–H and O–H groups in total. The summed E-state index contributed by atoms with van der Waals surface area (Å²) in [4.78, 5) is 9.41. The van der Waals surface area contributed by atoms with Gasteiger partial charge in [-0.15, -0.1) is 0 Å². The maximum absolute atomic E-state index is 9.41. The first-order valence-electron chi connectivity index (χ1n) is 14.6. The number of methoxy groups -OCH3 is 1. The first-order valence-corrected chi connectivity index (χ1v) is 14.6. The standard InChI is InChI=1S/C32H48O.C4H6O.C2H6/c1-13-24(5)32(19-20-33-12)22-29(10)30(11)31(14-2)21-28(9)27(8)18-17-26(7)25(6)16-15-23(3)4;1-4(2)3-5;1-2/h17-18,21-23,25H,5,7-11,13-16,19-20H2,1-4,6,12H3;3H,1H2,2H3;1-2H3/b18-17-,31-21-,32-22-;;. The van der Waals surface area contributed by atoms with Crippen LogP contribution >= 0.6 is 0 Å². The molecular weight excluding hydrogens is 488 g/mol. The molecule has 1 unspecified atom stereocenters. The molecule has 0 spiro atoms. The largest absolute Gasteiger partial charge is 0.384 e. The highest BCUT2D eigenvalue weighted by atomic mass is 16.5. The second kappa shape index (κ2) is 25.0. The minimum absolute atomic E-state index is 0.464. The van der Waals surface area contributed by atoms with Crippen LogP contribution in [0.4, 0.5) is 0 Å². The van der Waals surface area contributed by atoms with E-state index in [9.17, 15) is 4.79 Å². The van der Waals surface area contributed by atoms with Crippen LogP contribution in [0.25, 0.3) is 0 Å². The van der Waals surface area contributed by atoms with E-state index in [1.165, 1.54) is 6.42 Å². The van der Waals surface area contributed by atoms with Gasteiger partial charge in [0.05, 0.1) is 6.61 Å². The van der Waals surface area contributed by atoms with Gasteiger partial charge in [0.25, 0.3) is 0 Å². The Morgan fingerprint density at radius 3 is 1.73 bits per heavy atom. The van der Waals surface area contributed by atoms with Crippen LogP contribution < -0.4 is 0 Å². The predicted octanol–water partition coefficient (Wildman–Crippen LogP) is 11.4. The van der Waals surface area contributed by atoms with E-state index < -0.39 is 0 Å². The van der Waals surface area contributed by atoms with Crippen molar-refractivity contribution >= 4 is 6.29 Å². The molecule has 2 nitrogen and oxygen atoms in total. The van der Waals surface area contributed by atoms with Crippen molar-refractivity contribution in [1.29, 1.82) is 0 Å². The third-order valence-electron chi connectivity index (χ3n) is 6.23. The average molecular weight is 549 g/mol. The van der Waals surface area contributed by atoms with E-state index in [0.29, 0.717) is 24.0 Å². The fourth-order valence-corrected chi connectivity index (χ4v) is 3.25. The number of hydrogen-bond donors (Lipinski definition) is 0. The molecular formula is C38H60O2. The second-order valence-corrected chi connectivity index (χ2v) is 10.2. The van der Waals surface area contributed by atoms with Crippen LogP contribution in [0, 0.1) is 11.8 Å². The summed E-state index contributed by atoms with van der Waals surface area (Å²) in [6.45, 7) is 46.1. The minimum Gasteiger partial charge on any atom is -0.384 e. The van der Waals surface area contributed by atoms with E-state index in [1.807, 2.05) is 19.9 Å². The lowest BCUT2D eigenvalue weighted by Gasteiger charge is -2.15. The summed E-state index contributed by atoms with van der Waals surface area (Å²) in [7, 11) is 1.71. The van der Waals surface area contributed by atoms with Crippen LogP contribution in [0.5, 0.6) is 0 Å². The van der Waals surface area contributed by atoms with Crippen LogP contribution in [0.1, 0.15) is 87.5 Å². The summed E-state index contributed by atoms with van der Waals surface area (Å²) >= 11 is 0. The van der Waals surface area contributed by atoms with E-state index >= 15 is 0 Å². The number of carbonyl (C=O) groups is 1. The monoisotopic (exact) mass is 548 g/mol. The van der Waals surface area contributed by atoms with E-state index in [1.54, 1.807) is 14.0 Å². The van der Waals surface area contributed by atoms with Gasteiger partial charge in [-0.2, -0.15) is 0 Å². The van der Waals surface area contributed by atoms with Crippen molar-refractivity contribution in [3.63, 3.8) is 0 Å². The van der Waals surface area contributed by atoms with E-state index in [4.69, 9.17) is 4.74 Å². The molecule has 0 fully saturated rings. The van der Waals surface area contributed by atoms with Crippen LogP contribution in [0.2, 0.25) is 0 Å². The van der Waals surface area contributed by atoms with Crippen molar-refractivity contribution in [1.82, 2.24) is 0 Å². The fraction of sp³-hybridized carbons (Fsp3) is 0.447. The number of rotatable bonds is 18. The lowest BCUT2D eigenvalue weighted by atomic mass is 9.91. The van der Waals surface area contributed by atoms with Gasteiger partial charge < -0.3 is 4.74 Å². The lowest BCUT2D eigenvalue weighted by molar-refractivity contribution is -0.104. The Morgan fingerprint density at radius 2 is 1.30 bits per heavy atom. The Balaban J connectivity index is -0.00000174. The Hall–Kier alpha value is -2.97. The van der Waals surface area contributed by atoms with Gasteiger partial charge in [0.15, 0.2) is 0 Å². The van der Waals surface area contributed by atoms with Gasteiger partial charge in [-0.25, -0.2) is 0 Å². The third-order valence-corrected chi connectivity index (χ3v) is 6.23. The Kier molecular flexibility index (Phi) is 26.0. The minimum atomic E-state index is 0.464. The summed E-state index contributed by atoms with van der Waals surface area (Å²) in [6.07, 6.45) is 13.9. The summed E-state index contributed by atoms with van der Waals surface area (Å²) < 4.78 is 5.26. The summed E-state index contributed by atoms with van der Waals surface area (Å²) in [6, 6.07) is 0. The first kappa shape index (κ1) is 41.5. The third kappa shape index (κ3) is 20.0. The van der Waals surface area contributed by atoms with Gasteiger partial charge in [-0.1, -0.05) is 136 Å². The molecule has 0 aliphatic heterocycles. The first-order chi connectivity index (χ1) is 18.7. The molecule has 0 aromatic heterocycles. The van der Waals surface area contributed by atoms with Crippen LogP contribution in [0.3, 0.4) is 0 Å².